The van der Waals surface area contributed by atoms with E-state index >= 15 is 0 Å². The van der Waals surface area contributed by atoms with Crippen molar-refractivity contribution < 1.29 is 13.9 Å². The van der Waals surface area contributed by atoms with Crippen molar-refractivity contribution >= 4 is 5.91 Å². The molecule has 0 spiro atoms. The van der Waals surface area contributed by atoms with Crippen LogP contribution in [0.3, 0.4) is 0 Å². The molecule has 1 fully saturated rings. The number of carbonyl (C=O) groups is 1. The number of amides is 1. The van der Waals surface area contributed by atoms with Crippen molar-refractivity contribution in [1.82, 2.24) is 9.88 Å². The third kappa shape index (κ3) is 4.86. The maximum atomic E-state index is 12.9. The van der Waals surface area contributed by atoms with E-state index < -0.39 is 0 Å². The van der Waals surface area contributed by atoms with Crippen LogP contribution in [0.2, 0.25) is 0 Å². The number of rotatable bonds is 8. The van der Waals surface area contributed by atoms with Crippen LogP contribution in [0.1, 0.15) is 36.3 Å². The van der Waals surface area contributed by atoms with Crippen LogP contribution in [0.4, 0.5) is 0 Å². The second-order valence-electron chi connectivity index (χ2n) is 7.59. The summed E-state index contributed by atoms with van der Waals surface area (Å²) in [6, 6.07) is 16.4. The average Bonchev–Trinajstić information content (AvgIpc) is 3.48. The zero-order chi connectivity index (χ0) is 20.2. The summed E-state index contributed by atoms with van der Waals surface area (Å²) < 4.78 is 11.1. The maximum Gasteiger partial charge on any atom is 0.223 e. The fraction of sp³-hybridized carbons (Fsp3) is 0.333. The molecule has 0 atom stereocenters. The van der Waals surface area contributed by atoms with Crippen molar-refractivity contribution in [2.45, 2.75) is 45.2 Å². The van der Waals surface area contributed by atoms with Gasteiger partial charge in [0.25, 0.3) is 0 Å². The third-order valence-electron chi connectivity index (χ3n) is 5.26. The van der Waals surface area contributed by atoms with Crippen LogP contribution in [0.5, 0.6) is 5.75 Å². The number of carbonyl (C=O) groups excluding carboxylic acids is 1. The van der Waals surface area contributed by atoms with Crippen molar-refractivity contribution in [3.8, 4) is 17.1 Å². The lowest BCUT2D eigenvalue weighted by Gasteiger charge is -2.22. The van der Waals surface area contributed by atoms with E-state index in [1.54, 1.807) is 13.3 Å². The van der Waals surface area contributed by atoms with Crippen molar-refractivity contribution in [3.05, 3.63) is 71.7 Å². The van der Waals surface area contributed by atoms with Gasteiger partial charge in [-0.05, 0) is 37.5 Å². The molecular weight excluding hydrogens is 364 g/mol. The summed E-state index contributed by atoms with van der Waals surface area (Å²) in [5.41, 5.74) is 3.32. The van der Waals surface area contributed by atoms with Gasteiger partial charge in [-0.3, -0.25) is 4.79 Å². The van der Waals surface area contributed by atoms with Crippen molar-refractivity contribution in [2.75, 3.05) is 7.11 Å². The second-order valence-corrected chi connectivity index (χ2v) is 7.59. The van der Waals surface area contributed by atoms with Gasteiger partial charge in [0, 0.05) is 31.0 Å². The molecule has 150 valence electrons. The van der Waals surface area contributed by atoms with Gasteiger partial charge in [0.1, 0.15) is 5.75 Å². The Hall–Kier alpha value is -3.08. The normalized spacial score (nSPS) is 13.3. The molecule has 0 aliphatic heterocycles. The zero-order valence-electron chi connectivity index (χ0n) is 16.9. The number of aromatic nitrogens is 1. The highest BCUT2D eigenvalue weighted by Gasteiger charge is 2.32. The summed E-state index contributed by atoms with van der Waals surface area (Å²) in [5.74, 6) is 2.32. The molecule has 0 saturated heterocycles. The van der Waals surface area contributed by atoms with E-state index in [-0.39, 0.29) is 5.91 Å². The molecule has 3 aromatic rings. The predicted octanol–water partition coefficient (Wildman–Crippen LogP) is 4.78. The highest BCUT2D eigenvalue weighted by atomic mass is 16.5. The number of hydrogen-bond acceptors (Lipinski definition) is 4. The molecule has 1 aliphatic rings. The monoisotopic (exact) mass is 390 g/mol. The van der Waals surface area contributed by atoms with E-state index in [2.05, 4.69) is 11.9 Å². The molecule has 1 aliphatic carbocycles. The lowest BCUT2D eigenvalue weighted by molar-refractivity contribution is -0.132. The van der Waals surface area contributed by atoms with E-state index in [4.69, 9.17) is 9.15 Å². The van der Waals surface area contributed by atoms with Crippen LogP contribution in [-0.2, 0) is 17.8 Å². The minimum atomic E-state index is 0.151. The van der Waals surface area contributed by atoms with Crippen LogP contribution in [0.15, 0.2) is 59.1 Å². The molecule has 5 heteroatoms. The molecule has 1 heterocycles. The largest absolute Gasteiger partial charge is 0.497 e. The van der Waals surface area contributed by atoms with E-state index in [1.165, 1.54) is 5.56 Å². The smallest absolute Gasteiger partial charge is 0.223 e. The summed E-state index contributed by atoms with van der Waals surface area (Å²) >= 11 is 0. The Balaban J connectivity index is 1.36. The fourth-order valence-electron chi connectivity index (χ4n) is 3.37. The minimum absolute atomic E-state index is 0.151. The average molecular weight is 390 g/mol. The number of nitrogens with zero attached hydrogens (tertiary/aromatic N) is 2. The molecular formula is C24H26N2O3. The molecule has 0 radical (unpaired) electrons. The van der Waals surface area contributed by atoms with Gasteiger partial charge in [0.15, 0.2) is 11.7 Å². The van der Waals surface area contributed by atoms with E-state index in [1.807, 2.05) is 53.4 Å². The van der Waals surface area contributed by atoms with E-state index in [9.17, 15) is 4.79 Å². The first-order chi connectivity index (χ1) is 14.1. The van der Waals surface area contributed by atoms with Gasteiger partial charge >= 0.3 is 0 Å². The maximum absolute atomic E-state index is 12.9. The van der Waals surface area contributed by atoms with Crippen molar-refractivity contribution in [1.29, 1.82) is 0 Å². The molecule has 1 aromatic heterocycles. The number of aryl methyl sites for hydroxylation is 2. The van der Waals surface area contributed by atoms with E-state index in [0.29, 0.717) is 31.3 Å². The third-order valence-corrected chi connectivity index (χ3v) is 5.26. The number of oxazole rings is 1. The van der Waals surface area contributed by atoms with Gasteiger partial charge in [-0.2, -0.15) is 0 Å². The highest BCUT2D eigenvalue weighted by Crippen LogP contribution is 2.30. The number of ether oxygens (including phenoxy) is 1. The van der Waals surface area contributed by atoms with Gasteiger partial charge in [0.05, 0.1) is 13.3 Å². The molecule has 29 heavy (non-hydrogen) atoms. The second kappa shape index (κ2) is 8.52. The topological polar surface area (TPSA) is 55.6 Å². The molecule has 2 aromatic carbocycles. The van der Waals surface area contributed by atoms with Crippen molar-refractivity contribution in [2.24, 2.45) is 0 Å². The summed E-state index contributed by atoms with van der Waals surface area (Å²) in [6.45, 7) is 2.69. The Morgan fingerprint density at radius 3 is 2.52 bits per heavy atom. The standard InChI is InChI=1S/C24H26N2O3/c1-17-3-7-19(8-4-17)22-15-25-23(29-22)13-14-24(27)26(20-9-10-20)16-18-5-11-21(28-2)12-6-18/h3-8,11-12,15,20H,9-10,13-14,16H2,1-2H3. The molecule has 0 N–H and O–H groups in total. The van der Waals surface area contributed by atoms with Crippen LogP contribution < -0.4 is 4.74 Å². The molecule has 1 saturated carbocycles. The Kier molecular flexibility index (Phi) is 5.65. The Bertz CT molecular complexity index is 957. The van der Waals surface area contributed by atoms with Crippen LogP contribution in [0, 0.1) is 6.92 Å². The SMILES string of the molecule is COc1ccc(CN(C(=O)CCc2ncc(-c3ccc(C)cc3)o2)C2CC2)cc1. The van der Waals surface area contributed by atoms with Crippen LogP contribution in [-0.4, -0.2) is 28.9 Å². The van der Waals surface area contributed by atoms with Gasteiger partial charge in [-0.25, -0.2) is 4.98 Å². The first-order valence-electron chi connectivity index (χ1n) is 10.1. The molecule has 0 bridgehead atoms. The Labute approximate surface area is 171 Å². The summed E-state index contributed by atoms with van der Waals surface area (Å²) in [7, 11) is 1.65. The summed E-state index contributed by atoms with van der Waals surface area (Å²) in [4.78, 5) is 19.2. The first-order valence-corrected chi connectivity index (χ1v) is 10.1. The lowest BCUT2D eigenvalue weighted by atomic mass is 10.1. The Morgan fingerprint density at radius 2 is 1.86 bits per heavy atom. The van der Waals surface area contributed by atoms with Crippen LogP contribution in [0.25, 0.3) is 11.3 Å². The summed E-state index contributed by atoms with van der Waals surface area (Å²) in [5, 5.41) is 0. The van der Waals surface area contributed by atoms with Crippen molar-refractivity contribution in [3.63, 3.8) is 0 Å². The minimum Gasteiger partial charge on any atom is -0.497 e. The van der Waals surface area contributed by atoms with Gasteiger partial charge in [-0.1, -0.05) is 42.0 Å². The number of hydrogen-bond donors (Lipinski definition) is 0. The molecule has 0 unspecified atom stereocenters. The predicted molar refractivity (Wildman–Crippen MR) is 112 cm³/mol. The van der Waals surface area contributed by atoms with Gasteiger partial charge in [0.2, 0.25) is 5.91 Å². The molecule has 4 rings (SSSR count). The number of methoxy groups -OCH3 is 1. The highest BCUT2D eigenvalue weighted by molar-refractivity contribution is 5.77. The van der Waals surface area contributed by atoms with Crippen LogP contribution >= 0.6 is 0 Å². The van der Waals surface area contributed by atoms with Gasteiger partial charge in [-0.15, -0.1) is 0 Å². The zero-order valence-corrected chi connectivity index (χ0v) is 16.9. The fourth-order valence-corrected chi connectivity index (χ4v) is 3.37. The quantitative estimate of drug-likeness (QED) is 0.555. The van der Waals surface area contributed by atoms with E-state index in [0.717, 1.165) is 35.5 Å². The Morgan fingerprint density at radius 1 is 1.14 bits per heavy atom. The molecule has 1 amide bonds. The molecule has 5 nitrogen and oxygen atoms in total. The number of benzene rings is 2. The lowest BCUT2D eigenvalue weighted by Crippen LogP contribution is -2.32. The van der Waals surface area contributed by atoms with Gasteiger partial charge < -0.3 is 14.1 Å². The first kappa shape index (κ1) is 19.2. The summed E-state index contributed by atoms with van der Waals surface area (Å²) in [6.07, 6.45) is 4.81.